The van der Waals surface area contributed by atoms with E-state index in [0.717, 1.165) is 13.0 Å². The van der Waals surface area contributed by atoms with Gasteiger partial charge in [0, 0.05) is 19.6 Å². The van der Waals surface area contributed by atoms with Gasteiger partial charge in [-0.25, -0.2) is 0 Å². The van der Waals surface area contributed by atoms with E-state index in [4.69, 9.17) is 10.5 Å². The van der Waals surface area contributed by atoms with Crippen LogP contribution in [0.15, 0.2) is 0 Å². The van der Waals surface area contributed by atoms with E-state index in [9.17, 15) is 4.79 Å². The maximum atomic E-state index is 12.1. The summed E-state index contributed by atoms with van der Waals surface area (Å²) in [6, 6.07) is 0. The van der Waals surface area contributed by atoms with Crippen LogP contribution in [0.4, 0.5) is 0 Å². The summed E-state index contributed by atoms with van der Waals surface area (Å²) in [7, 11) is 0. The topological polar surface area (TPSA) is 55.6 Å². The molecular formula is C12H24N2O2. The summed E-state index contributed by atoms with van der Waals surface area (Å²) in [6.07, 6.45) is 3.38. The summed E-state index contributed by atoms with van der Waals surface area (Å²) in [5, 5.41) is 0. The van der Waals surface area contributed by atoms with E-state index in [1.54, 1.807) is 0 Å². The standard InChI is InChI=1S/C12H24N2O2/c1-4-5-6-7-14-9-10(8-13)16-12(2,3)11(14)15/h10H,4-9,13H2,1-3H3. The quantitative estimate of drug-likeness (QED) is 0.718. The molecule has 4 nitrogen and oxygen atoms in total. The van der Waals surface area contributed by atoms with E-state index in [1.165, 1.54) is 12.8 Å². The smallest absolute Gasteiger partial charge is 0.254 e. The van der Waals surface area contributed by atoms with Gasteiger partial charge in [-0.1, -0.05) is 19.8 Å². The molecule has 1 unspecified atom stereocenters. The highest BCUT2D eigenvalue weighted by Crippen LogP contribution is 2.22. The average molecular weight is 228 g/mol. The Hall–Kier alpha value is -0.610. The van der Waals surface area contributed by atoms with Crippen LogP contribution in [0.25, 0.3) is 0 Å². The van der Waals surface area contributed by atoms with Crippen LogP contribution in [0.3, 0.4) is 0 Å². The van der Waals surface area contributed by atoms with Crippen molar-refractivity contribution in [1.29, 1.82) is 0 Å². The molecule has 94 valence electrons. The van der Waals surface area contributed by atoms with Crippen molar-refractivity contribution in [3.63, 3.8) is 0 Å². The first kappa shape index (κ1) is 13.5. The van der Waals surface area contributed by atoms with Gasteiger partial charge in [0.2, 0.25) is 0 Å². The number of ether oxygens (including phenoxy) is 1. The van der Waals surface area contributed by atoms with Gasteiger partial charge in [-0.3, -0.25) is 4.79 Å². The number of nitrogens with zero attached hydrogens (tertiary/aromatic N) is 1. The maximum absolute atomic E-state index is 12.1. The third kappa shape index (κ3) is 3.19. The zero-order chi connectivity index (χ0) is 12.2. The maximum Gasteiger partial charge on any atom is 0.254 e. The molecule has 0 aromatic heterocycles. The van der Waals surface area contributed by atoms with Crippen LogP contribution < -0.4 is 5.73 Å². The van der Waals surface area contributed by atoms with E-state index < -0.39 is 5.60 Å². The van der Waals surface area contributed by atoms with Gasteiger partial charge < -0.3 is 15.4 Å². The van der Waals surface area contributed by atoms with Crippen molar-refractivity contribution in [2.75, 3.05) is 19.6 Å². The minimum absolute atomic E-state index is 0.0191. The molecule has 1 saturated heterocycles. The Kier molecular flexibility index (Phi) is 4.74. The van der Waals surface area contributed by atoms with Gasteiger partial charge in [0.15, 0.2) is 0 Å². The Balaban J connectivity index is 2.56. The number of unbranched alkanes of at least 4 members (excludes halogenated alkanes) is 2. The summed E-state index contributed by atoms with van der Waals surface area (Å²) in [5.74, 6) is 0.0910. The normalized spacial score (nSPS) is 24.9. The Morgan fingerprint density at radius 3 is 2.75 bits per heavy atom. The fraction of sp³-hybridized carbons (Fsp3) is 0.917. The number of carbonyl (C=O) groups is 1. The fourth-order valence-corrected chi connectivity index (χ4v) is 2.08. The number of nitrogens with two attached hydrogens (primary N) is 1. The molecule has 1 fully saturated rings. The summed E-state index contributed by atoms with van der Waals surface area (Å²) in [4.78, 5) is 14.0. The van der Waals surface area contributed by atoms with E-state index in [0.29, 0.717) is 13.1 Å². The van der Waals surface area contributed by atoms with Gasteiger partial charge in [0.1, 0.15) is 5.60 Å². The van der Waals surface area contributed by atoms with Gasteiger partial charge in [0.25, 0.3) is 5.91 Å². The molecule has 0 aromatic rings. The van der Waals surface area contributed by atoms with Gasteiger partial charge in [0.05, 0.1) is 6.10 Å². The Morgan fingerprint density at radius 1 is 1.50 bits per heavy atom. The van der Waals surface area contributed by atoms with Crippen molar-refractivity contribution in [3.05, 3.63) is 0 Å². The number of hydrogen-bond acceptors (Lipinski definition) is 3. The molecule has 0 aliphatic carbocycles. The molecule has 0 radical (unpaired) electrons. The predicted molar refractivity (Wildman–Crippen MR) is 64.1 cm³/mol. The first-order valence-electron chi connectivity index (χ1n) is 6.18. The minimum atomic E-state index is -0.714. The molecule has 16 heavy (non-hydrogen) atoms. The van der Waals surface area contributed by atoms with Crippen molar-refractivity contribution >= 4 is 5.91 Å². The second-order valence-corrected chi connectivity index (χ2v) is 4.94. The highest BCUT2D eigenvalue weighted by atomic mass is 16.5. The Bertz CT molecular complexity index is 241. The summed E-state index contributed by atoms with van der Waals surface area (Å²) < 4.78 is 5.66. The number of carbonyl (C=O) groups excluding carboxylic acids is 1. The first-order chi connectivity index (χ1) is 7.51. The van der Waals surface area contributed by atoms with Crippen molar-refractivity contribution in [2.24, 2.45) is 5.73 Å². The molecule has 0 spiro atoms. The lowest BCUT2D eigenvalue weighted by Crippen LogP contribution is -2.58. The van der Waals surface area contributed by atoms with Gasteiger partial charge in [-0.2, -0.15) is 0 Å². The van der Waals surface area contributed by atoms with Gasteiger partial charge in [-0.05, 0) is 20.3 Å². The monoisotopic (exact) mass is 228 g/mol. The lowest BCUT2D eigenvalue weighted by atomic mass is 10.0. The van der Waals surface area contributed by atoms with Crippen LogP contribution in [0, 0.1) is 0 Å². The van der Waals surface area contributed by atoms with Crippen LogP contribution in [-0.4, -0.2) is 42.1 Å². The number of rotatable bonds is 5. The van der Waals surface area contributed by atoms with Crippen molar-refractivity contribution in [1.82, 2.24) is 4.90 Å². The van der Waals surface area contributed by atoms with E-state index in [1.807, 2.05) is 18.7 Å². The van der Waals surface area contributed by atoms with Crippen LogP contribution in [-0.2, 0) is 9.53 Å². The molecule has 0 aromatic carbocycles. The highest BCUT2D eigenvalue weighted by Gasteiger charge is 2.40. The highest BCUT2D eigenvalue weighted by molar-refractivity contribution is 5.85. The number of amides is 1. The SMILES string of the molecule is CCCCCN1CC(CN)OC(C)(C)C1=O. The van der Waals surface area contributed by atoms with Crippen molar-refractivity contribution < 1.29 is 9.53 Å². The third-order valence-corrected chi connectivity index (χ3v) is 2.98. The second kappa shape index (κ2) is 5.64. The summed E-state index contributed by atoms with van der Waals surface area (Å²) >= 11 is 0. The fourth-order valence-electron chi connectivity index (χ4n) is 2.08. The van der Waals surface area contributed by atoms with Crippen LogP contribution in [0.2, 0.25) is 0 Å². The van der Waals surface area contributed by atoms with Crippen LogP contribution in [0.5, 0.6) is 0 Å². The van der Waals surface area contributed by atoms with E-state index in [-0.39, 0.29) is 12.0 Å². The molecule has 2 N–H and O–H groups in total. The molecule has 1 heterocycles. The van der Waals surface area contributed by atoms with Crippen molar-refractivity contribution in [3.8, 4) is 0 Å². The van der Waals surface area contributed by atoms with Gasteiger partial charge >= 0.3 is 0 Å². The molecule has 1 amide bonds. The minimum Gasteiger partial charge on any atom is -0.359 e. The third-order valence-electron chi connectivity index (χ3n) is 2.98. The average Bonchev–Trinajstić information content (AvgIpc) is 2.24. The molecule has 1 aliphatic heterocycles. The van der Waals surface area contributed by atoms with Crippen molar-refractivity contribution in [2.45, 2.75) is 51.7 Å². The molecule has 4 heteroatoms. The zero-order valence-corrected chi connectivity index (χ0v) is 10.7. The second-order valence-electron chi connectivity index (χ2n) is 4.94. The summed E-state index contributed by atoms with van der Waals surface area (Å²) in [6.45, 7) is 7.75. The van der Waals surface area contributed by atoms with Gasteiger partial charge in [-0.15, -0.1) is 0 Å². The number of morpholine rings is 1. The molecular weight excluding hydrogens is 204 g/mol. The molecule has 0 bridgehead atoms. The Morgan fingerprint density at radius 2 is 2.19 bits per heavy atom. The Labute approximate surface area is 98.1 Å². The van der Waals surface area contributed by atoms with E-state index >= 15 is 0 Å². The lowest BCUT2D eigenvalue weighted by Gasteiger charge is -2.41. The van der Waals surface area contributed by atoms with Crippen LogP contribution in [0.1, 0.15) is 40.0 Å². The molecule has 1 aliphatic rings. The van der Waals surface area contributed by atoms with E-state index in [2.05, 4.69) is 6.92 Å². The molecule has 1 rings (SSSR count). The molecule has 1 atom stereocenters. The largest absolute Gasteiger partial charge is 0.359 e. The predicted octanol–water partition coefficient (Wildman–Crippen LogP) is 1.14. The lowest BCUT2D eigenvalue weighted by molar-refractivity contribution is -0.178. The molecule has 0 saturated carbocycles. The van der Waals surface area contributed by atoms with Crippen LogP contribution >= 0.6 is 0 Å². The zero-order valence-electron chi connectivity index (χ0n) is 10.7. The number of hydrogen-bond donors (Lipinski definition) is 1. The summed E-state index contributed by atoms with van der Waals surface area (Å²) in [5.41, 5.74) is 4.91. The first-order valence-corrected chi connectivity index (χ1v) is 6.18.